The largest absolute Gasteiger partial charge is 0.488 e. The van der Waals surface area contributed by atoms with E-state index in [1.807, 2.05) is 25.2 Å². The Kier molecular flexibility index (Phi) is 5.40. The third-order valence-electron chi connectivity index (χ3n) is 3.37. The van der Waals surface area contributed by atoms with Crippen LogP contribution in [0.4, 0.5) is 0 Å². The van der Waals surface area contributed by atoms with Crippen molar-refractivity contribution in [3.8, 4) is 0 Å². The minimum atomic E-state index is -1.40. The van der Waals surface area contributed by atoms with Crippen LogP contribution in [0.3, 0.4) is 0 Å². The van der Waals surface area contributed by atoms with Gasteiger partial charge in [-0.15, -0.1) is 0 Å². The first-order valence-electron chi connectivity index (χ1n) is 6.86. The smallest absolute Gasteiger partial charge is 0.423 e. The Hall–Kier alpha value is -0.875. The average Bonchev–Trinajstić information content (AvgIpc) is 3.19. The fraction of sp³-hybridized carbons (Fsp3) is 0.571. The van der Waals surface area contributed by atoms with Crippen LogP contribution in [0.5, 0.6) is 0 Å². The van der Waals surface area contributed by atoms with Crippen LogP contribution < -0.4 is 5.46 Å². The van der Waals surface area contributed by atoms with Gasteiger partial charge in [0.05, 0.1) is 6.61 Å². The molecule has 0 heterocycles. The van der Waals surface area contributed by atoms with Gasteiger partial charge in [-0.1, -0.05) is 24.3 Å². The molecule has 1 aliphatic rings. The monoisotopic (exact) mass is 263 g/mol. The van der Waals surface area contributed by atoms with Crippen molar-refractivity contribution in [2.45, 2.75) is 19.4 Å². The van der Waals surface area contributed by atoms with Crippen LogP contribution in [0.2, 0.25) is 0 Å². The van der Waals surface area contributed by atoms with Gasteiger partial charge < -0.3 is 14.8 Å². The number of nitrogens with zero attached hydrogens (tertiary/aromatic N) is 1. The topological polar surface area (TPSA) is 52.9 Å². The summed E-state index contributed by atoms with van der Waals surface area (Å²) in [5.74, 6) is 0.813. The van der Waals surface area contributed by atoms with E-state index in [-0.39, 0.29) is 0 Å². The van der Waals surface area contributed by atoms with Gasteiger partial charge in [-0.05, 0) is 36.8 Å². The fourth-order valence-electron chi connectivity index (χ4n) is 2.00. The second kappa shape index (κ2) is 7.05. The van der Waals surface area contributed by atoms with Gasteiger partial charge in [0.15, 0.2) is 0 Å². The zero-order valence-electron chi connectivity index (χ0n) is 11.5. The Morgan fingerprint density at radius 3 is 2.84 bits per heavy atom. The summed E-state index contributed by atoms with van der Waals surface area (Å²) in [7, 11) is 0.648. The van der Waals surface area contributed by atoms with Crippen molar-refractivity contribution in [3.63, 3.8) is 0 Å². The quantitative estimate of drug-likeness (QED) is 0.520. The molecule has 1 aromatic carbocycles. The molecule has 0 aromatic heterocycles. The highest BCUT2D eigenvalue weighted by Crippen LogP contribution is 2.28. The molecule has 0 aliphatic heterocycles. The van der Waals surface area contributed by atoms with E-state index in [9.17, 15) is 0 Å². The van der Waals surface area contributed by atoms with Gasteiger partial charge >= 0.3 is 7.12 Å². The van der Waals surface area contributed by atoms with Gasteiger partial charge in [0.25, 0.3) is 0 Å². The highest BCUT2D eigenvalue weighted by atomic mass is 16.5. The van der Waals surface area contributed by atoms with Crippen molar-refractivity contribution in [2.75, 3.05) is 26.8 Å². The van der Waals surface area contributed by atoms with Crippen molar-refractivity contribution >= 4 is 12.6 Å². The van der Waals surface area contributed by atoms with Crippen LogP contribution in [0.15, 0.2) is 24.3 Å². The highest BCUT2D eigenvalue weighted by molar-refractivity contribution is 6.58. The summed E-state index contributed by atoms with van der Waals surface area (Å²) >= 11 is 0. The highest BCUT2D eigenvalue weighted by Gasteiger charge is 2.20. The molecule has 2 N–H and O–H groups in total. The number of likely N-dealkylation sites (N-methyl/N-ethyl adjacent to an activating group) is 1. The van der Waals surface area contributed by atoms with E-state index in [1.54, 1.807) is 6.07 Å². The summed E-state index contributed by atoms with van der Waals surface area (Å²) < 4.78 is 5.61. The maximum Gasteiger partial charge on any atom is 0.488 e. The first-order valence-corrected chi connectivity index (χ1v) is 6.86. The maximum absolute atomic E-state index is 9.14. The summed E-state index contributed by atoms with van der Waals surface area (Å²) in [4.78, 5) is 2.18. The maximum atomic E-state index is 9.14. The minimum absolute atomic E-state index is 0.538. The molecule has 19 heavy (non-hydrogen) atoms. The Labute approximate surface area is 115 Å². The molecule has 4 nitrogen and oxygen atoms in total. The molecule has 0 atom stereocenters. The van der Waals surface area contributed by atoms with E-state index in [1.165, 1.54) is 12.8 Å². The molecular formula is C14H22BNO3. The predicted octanol–water partition coefficient (Wildman–Crippen LogP) is 0.225. The number of hydrogen-bond acceptors (Lipinski definition) is 4. The number of hydrogen-bond donors (Lipinski definition) is 2. The Balaban J connectivity index is 1.70. The lowest BCUT2D eigenvalue weighted by molar-refractivity contribution is 0.102. The predicted molar refractivity (Wildman–Crippen MR) is 76.1 cm³/mol. The van der Waals surface area contributed by atoms with E-state index in [0.717, 1.165) is 37.8 Å². The first-order chi connectivity index (χ1) is 9.15. The second-order valence-electron chi connectivity index (χ2n) is 5.37. The lowest BCUT2D eigenvalue weighted by atomic mass is 9.79. The van der Waals surface area contributed by atoms with E-state index >= 15 is 0 Å². The first kappa shape index (κ1) is 14.5. The van der Waals surface area contributed by atoms with E-state index in [0.29, 0.717) is 5.46 Å². The van der Waals surface area contributed by atoms with Crippen LogP contribution in [-0.4, -0.2) is 48.9 Å². The summed E-state index contributed by atoms with van der Waals surface area (Å²) in [6, 6.07) is 7.38. The van der Waals surface area contributed by atoms with Crippen molar-refractivity contribution in [1.82, 2.24) is 4.90 Å². The molecule has 0 unspecified atom stereocenters. The molecular weight excluding hydrogens is 241 g/mol. The van der Waals surface area contributed by atoms with Crippen molar-refractivity contribution in [3.05, 3.63) is 29.8 Å². The van der Waals surface area contributed by atoms with Gasteiger partial charge in [-0.25, -0.2) is 0 Å². The van der Waals surface area contributed by atoms with Crippen LogP contribution >= 0.6 is 0 Å². The van der Waals surface area contributed by atoms with Crippen LogP contribution in [0.25, 0.3) is 0 Å². The zero-order chi connectivity index (χ0) is 13.7. The van der Waals surface area contributed by atoms with Crippen LogP contribution in [-0.2, 0) is 11.3 Å². The van der Waals surface area contributed by atoms with Crippen molar-refractivity contribution in [1.29, 1.82) is 0 Å². The molecule has 1 saturated carbocycles. The van der Waals surface area contributed by atoms with Gasteiger partial charge in [0.1, 0.15) is 0 Å². The molecule has 0 saturated heterocycles. The molecule has 104 valence electrons. The molecule has 0 bridgehead atoms. The van der Waals surface area contributed by atoms with E-state index in [2.05, 4.69) is 4.90 Å². The van der Waals surface area contributed by atoms with Gasteiger partial charge in [-0.3, -0.25) is 4.90 Å². The fourth-order valence-corrected chi connectivity index (χ4v) is 2.00. The summed E-state index contributed by atoms with van der Waals surface area (Å²) in [6.45, 7) is 3.33. The SMILES string of the molecule is CN(CCOCC1CC1)Cc1cccc(B(O)O)c1. The standard InChI is InChI=1S/C14H22BNO3/c1-16(7-8-19-11-12-5-6-12)10-13-3-2-4-14(9-13)15(17)18/h2-4,9,12,17-18H,5-8,10-11H2,1H3. The second-order valence-corrected chi connectivity index (χ2v) is 5.37. The van der Waals surface area contributed by atoms with Gasteiger partial charge in [-0.2, -0.15) is 0 Å². The average molecular weight is 263 g/mol. The Morgan fingerprint density at radius 1 is 1.37 bits per heavy atom. The number of benzene rings is 1. The lowest BCUT2D eigenvalue weighted by Crippen LogP contribution is -2.30. The summed E-state index contributed by atoms with van der Waals surface area (Å²) in [5.41, 5.74) is 1.62. The molecule has 0 radical (unpaired) electrons. The number of ether oxygens (including phenoxy) is 1. The molecule has 0 amide bonds. The molecule has 1 aliphatic carbocycles. The zero-order valence-corrected chi connectivity index (χ0v) is 11.5. The molecule has 1 fully saturated rings. The third kappa shape index (κ3) is 5.32. The normalized spacial score (nSPS) is 14.9. The Morgan fingerprint density at radius 2 is 2.16 bits per heavy atom. The molecule has 5 heteroatoms. The van der Waals surface area contributed by atoms with Crippen LogP contribution in [0, 0.1) is 5.92 Å². The van der Waals surface area contributed by atoms with Crippen molar-refractivity contribution in [2.24, 2.45) is 5.92 Å². The Bertz CT molecular complexity index is 396. The van der Waals surface area contributed by atoms with Crippen molar-refractivity contribution < 1.29 is 14.8 Å². The minimum Gasteiger partial charge on any atom is -0.423 e. The molecule has 1 aromatic rings. The number of rotatable bonds is 8. The van der Waals surface area contributed by atoms with Gasteiger partial charge in [0, 0.05) is 19.7 Å². The lowest BCUT2D eigenvalue weighted by Gasteiger charge is -2.17. The van der Waals surface area contributed by atoms with Crippen LogP contribution in [0.1, 0.15) is 18.4 Å². The molecule has 0 spiro atoms. The summed E-state index contributed by atoms with van der Waals surface area (Å²) in [6.07, 6.45) is 2.65. The van der Waals surface area contributed by atoms with Gasteiger partial charge in [0.2, 0.25) is 0 Å². The third-order valence-corrected chi connectivity index (χ3v) is 3.37. The van der Waals surface area contributed by atoms with E-state index in [4.69, 9.17) is 14.8 Å². The molecule has 2 rings (SSSR count). The summed E-state index contributed by atoms with van der Waals surface area (Å²) in [5, 5.41) is 18.3. The van der Waals surface area contributed by atoms with E-state index < -0.39 is 7.12 Å².